The van der Waals surface area contributed by atoms with Crippen LogP contribution in [0.3, 0.4) is 0 Å². The topological polar surface area (TPSA) is 83.6 Å². The number of halogens is 1. The number of amides is 1. The van der Waals surface area contributed by atoms with Crippen LogP contribution in [-0.4, -0.2) is 32.0 Å². The van der Waals surface area contributed by atoms with Gasteiger partial charge in [-0.25, -0.2) is 0 Å². The van der Waals surface area contributed by atoms with Gasteiger partial charge in [0.15, 0.2) is 11.0 Å². The third kappa shape index (κ3) is 5.09. The summed E-state index contributed by atoms with van der Waals surface area (Å²) in [5, 5.41) is 22.3. The zero-order chi connectivity index (χ0) is 22.6. The molecule has 1 atom stereocenters. The van der Waals surface area contributed by atoms with Crippen molar-refractivity contribution in [3.8, 4) is 23.1 Å². The first-order chi connectivity index (χ1) is 14.7. The van der Waals surface area contributed by atoms with Crippen LogP contribution >= 0.6 is 23.4 Å². The number of rotatable bonds is 7. The predicted octanol–water partition coefficient (Wildman–Crippen LogP) is 5.04. The Kier molecular flexibility index (Phi) is 7.04. The first kappa shape index (κ1) is 22.9. The molecule has 6 nitrogen and oxygen atoms in total. The summed E-state index contributed by atoms with van der Waals surface area (Å²) in [6.07, 6.45) is 0. The molecule has 0 radical (unpaired) electrons. The van der Waals surface area contributed by atoms with E-state index in [1.807, 2.05) is 73.9 Å². The van der Waals surface area contributed by atoms with Gasteiger partial charge in [0, 0.05) is 10.6 Å². The van der Waals surface area contributed by atoms with Gasteiger partial charge in [0.05, 0.1) is 17.5 Å². The van der Waals surface area contributed by atoms with Crippen LogP contribution in [0.25, 0.3) is 17.1 Å². The van der Waals surface area contributed by atoms with Crippen LogP contribution in [0.4, 0.5) is 0 Å². The Bertz CT molecular complexity index is 1120. The summed E-state index contributed by atoms with van der Waals surface area (Å²) in [6, 6.07) is 17.5. The Morgan fingerprint density at radius 2 is 1.90 bits per heavy atom. The van der Waals surface area contributed by atoms with E-state index in [9.17, 15) is 10.1 Å². The predicted molar refractivity (Wildman–Crippen MR) is 124 cm³/mol. The summed E-state index contributed by atoms with van der Waals surface area (Å²) >= 11 is 7.33. The maximum atomic E-state index is 12.6. The minimum absolute atomic E-state index is 0.0152. The molecule has 0 fully saturated rings. The second-order valence-corrected chi connectivity index (χ2v) is 9.12. The molecule has 2 aromatic carbocycles. The minimum Gasteiger partial charge on any atom is -0.337 e. The van der Waals surface area contributed by atoms with Crippen molar-refractivity contribution >= 4 is 29.3 Å². The van der Waals surface area contributed by atoms with Crippen LogP contribution < -0.4 is 5.32 Å². The number of benzene rings is 2. The summed E-state index contributed by atoms with van der Waals surface area (Å²) in [7, 11) is 0. The fourth-order valence-corrected chi connectivity index (χ4v) is 3.81. The van der Waals surface area contributed by atoms with Gasteiger partial charge in [-0.3, -0.25) is 9.36 Å². The molecule has 0 saturated heterocycles. The number of carbonyl (C=O) groups excluding carboxylic acids is 1. The van der Waals surface area contributed by atoms with Gasteiger partial charge in [-0.1, -0.05) is 55.4 Å². The third-order valence-corrected chi connectivity index (χ3v) is 6.39. The van der Waals surface area contributed by atoms with E-state index in [4.69, 9.17) is 11.6 Å². The molecule has 1 aromatic heterocycles. The Labute approximate surface area is 191 Å². The molecule has 0 bridgehead atoms. The molecule has 3 rings (SSSR count). The van der Waals surface area contributed by atoms with E-state index in [2.05, 4.69) is 21.6 Å². The van der Waals surface area contributed by atoms with Crippen molar-refractivity contribution in [2.45, 2.75) is 38.4 Å². The third-order valence-electron chi connectivity index (χ3n) is 5.21. The highest BCUT2D eigenvalue weighted by atomic mass is 35.5. The first-order valence-electron chi connectivity index (χ1n) is 9.87. The van der Waals surface area contributed by atoms with Crippen LogP contribution in [0.15, 0.2) is 53.7 Å². The summed E-state index contributed by atoms with van der Waals surface area (Å²) in [6.45, 7) is 7.56. The highest BCUT2D eigenvalue weighted by Gasteiger charge is 2.30. The number of hydrogen-bond donors (Lipinski definition) is 1. The van der Waals surface area contributed by atoms with E-state index in [1.54, 1.807) is 6.92 Å². The van der Waals surface area contributed by atoms with Gasteiger partial charge >= 0.3 is 0 Å². The number of nitriles is 1. The van der Waals surface area contributed by atoms with E-state index in [0.717, 1.165) is 16.8 Å². The van der Waals surface area contributed by atoms with Crippen molar-refractivity contribution < 1.29 is 4.79 Å². The van der Waals surface area contributed by atoms with Crippen molar-refractivity contribution in [2.24, 2.45) is 5.92 Å². The number of nitrogens with one attached hydrogen (secondary N) is 1. The average molecular weight is 454 g/mol. The number of aryl methyl sites for hydroxylation is 1. The second-order valence-electron chi connectivity index (χ2n) is 7.74. The smallest absolute Gasteiger partial charge is 0.231 e. The van der Waals surface area contributed by atoms with Crippen molar-refractivity contribution in [1.82, 2.24) is 20.1 Å². The van der Waals surface area contributed by atoms with Crippen molar-refractivity contribution in [2.75, 3.05) is 5.75 Å². The number of nitrogens with zero attached hydrogens (tertiary/aromatic N) is 4. The van der Waals surface area contributed by atoms with E-state index >= 15 is 0 Å². The Morgan fingerprint density at radius 1 is 1.23 bits per heavy atom. The van der Waals surface area contributed by atoms with Crippen molar-refractivity contribution in [3.63, 3.8) is 0 Å². The van der Waals surface area contributed by atoms with Gasteiger partial charge in [-0.15, -0.1) is 10.2 Å². The van der Waals surface area contributed by atoms with E-state index in [0.29, 0.717) is 16.0 Å². The summed E-state index contributed by atoms with van der Waals surface area (Å²) in [5.74, 6) is 0.542. The molecule has 1 amide bonds. The average Bonchev–Trinajstić information content (AvgIpc) is 3.16. The quantitative estimate of drug-likeness (QED) is 0.506. The lowest BCUT2D eigenvalue weighted by atomic mass is 9.90. The molecule has 8 heteroatoms. The molecule has 0 saturated carbocycles. The van der Waals surface area contributed by atoms with Crippen molar-refractivity contribution in [1.29, 1.82) is 5.26 Å². The van der Waals surface area contributed by atoms with Crippen LogP contribution in [0, 0.1) is 24.2 Å². The van der Waals surface area contributed by atoms with Gasteiger partial charge in [0.2, 0.25) is 5.91 Å². The number of para-hydroxylation sites is 1. The monoisotopic (exact) mass is 453 g/mol. The summed E-state index contributed by atoms with van der Waals surface area (Å²) < 4.78 is 1.95. The number of hydrogen-bond acceptors (Lipinski definition) is 5. The molecule has 0 aliphatic rings. The van der Waals surface area contributed by atoms with E-state index in [-0.39, 0.29) is 17.6 Å². The zero-order valence-electron chi connectivity index (χ0n) is 17.9. The molecule has 160 valence electrons. The van der Waals surface area contributed by atoms with E-state index < -0.39 is 5.54 Å². The van der Waals surface area contributed by atoms with Gasteiger partial charge < -0.3 is 5.32 Å². The van der Waals surface area contributed by atoms with Gasteiger partial charge in [0.1, 0.15) is 5.54 Å². The number of thioether (sulfide) groups is 1. The second kappa shape index (κ2) is 9.54. The first-order valence-corrected chi connectivity index (χ1v) is 11.2. The number of aromatic nitrogens is 3. The van der Waals surface area contributed by atoms with Crippen LogP contribution in [-0.2, 0) is 4.79 Å². The molecule has 0 aliphatic heterocycles. The normalized spacial score (nSPS) is 12.9. The number of carbonyl (C=O) groups is 1. The van der Waals surface area contributed by atoms with Gasteiger partial charge in [-0.05, 0) is 55.7 Å². The molecule has 0 spiro atoms. The van der Waals surface area contributed by atoms with Crippen molar-refractivity contribution in [3.05, 3.63) is 59.1 Å². The fourth-order valence-electron chi connectivity index (χ4n) is 2.94. The molecule has 3 aromatic rings. The molecule has 1 heterocycles. The Hall–Kier alpha value is -2.82. The maximum Gasteiger partial charge on any atom is 0.231 e. The fraction of sp³-hybridized carbons (Fsp3) is 0.304. The highest BCUT2D eigenvalue weighted by Crippen LogP contribution is 2.30. The molecule has 0 aliphatic carbocycles. The lowest BCUT2D eigenvalue weighted by Crippen LogP contribution is -2.49. The molecular formula is C23H24ClN5OS. The summed E-state index contributed by atoms with van der Waals surface area (Å²) in [4.78, 5) is 12.6. The largest absolute Gasteiger partial charge is 0.337 e. The summed E-state index contributed by atoms with van der Waals surface area (Å²) in [5.41, 5.74) is 1.94. The SMILES string of the molecule is Cc1ccccc1-n1c(SCC(=O)NC(C)(C#N)C(C)C)nnc1-c1ccc(Cl)cc1. The Balaban J connectivity index is 1.93. The highest BCUT2D eigenvalue weighted by molar-refractivity contribution is 7.99. The minimum atomic E-state index is -0.921. The van der Waals surface area contributed by atoms with Gasteiger partial charge in [0.25, 0.3) is 0 Å². The lowest BCUT2D eigenvalue weighted by molar-refractivity contribution is -0.120. The standard InChI is InChI=1S/C23H24ClN5OS/c1-15(2)23(4,14-25)26-20(30)13-31-22-28-27-21(17-9-11-18(24)12-10-17)29(22)19-8-6-5-7-16(19)3/h5-12,15H,13H2,1-4H3,(H,26,30). The molecule has 1 unspecified atom stereocenters. The van der Waals surface area contributed by atoms with Gasteiger partial charge in [-0.2, -0.15) is 5.26 Å². The van der Waals surface area contributed by atoms with Crippen LogP contribution in [0.5, 0.6) is 0 Å². The molecule has 1 N–H and O–H groups in total. The zero-order valence-corrected chi connectivity index (χ0v) is 19.5. The van der Waals surface area contributed by atoms with Crippen LogP contribution in [0.1, 0.15) is 26.3 Å². The molecular weight excluding hydrogens is 430 g/mol. The van der Waals surface area contributed by atoms with E-state index in [1.165, 1.54) is 11.8 Å². The maximum absolute atomic E-state index is 12.6. The molecule has 31 heavy (non-hydrogen) atoms. The lowest BCUT2D eigenvalue weighted by Gasteiger charge is -2.27. The van der Waals surface area contributed by atoms with Crippen LogP contribution in [0.2, 0.25) is 5.02 Å². The Morgan fingerprint density at radius 3 is 2.52 bits per heavy atom.